The normalized spacial score (nSPS) is 9.76. The second-order valence-electron chi connectivity index (χ2n) is 3.11. The molecule has 0 spiro atoms. The largest absolute Gasteiger partial charge is 0.477 e. The van der Waals surface area contributed by atoms with Crippen molar-refractivity contribution in [3.8, 4) is 5.75 Å². The second kappa shape index (κ2) is 6.05. The third kappa shape index (κ3) is 3.92. The first-order valence-corrected chi connectivity index (χ1v) is 5.25. The Balaban J connectivity index is 2.77. The fourth-order valence-corrected chi connectivity index (χ4v) is 1.31. The minimum Gasteiger partial charge on any atom is -0.477 e. The van der Waals surface area contributed by atoms with E-state index in [2.05, 4.69) is 5.32 Å². The van der Waals surface area contributed by atoms with Gasteiger partial charge in [-0.05, 0) is 19.1 Å². The van der Waals surface area contributed by atoms with Crippen LogP contribution in [0.1, 0.15) is 6.92 Å². The van der Waals surface area contributed by atoms with Gasteiger partial charge < -0.3 is 10.1 Å². The lowest BCUT2D eigenvalue weighted by Crippen LogP contribution is -2.28. The summed E-state index contributed by atoms with van der Waals surface area (Å²) in [7, 11) is 0. The Morgan fingerprint density at radius 2 is 2.29 bits per heavy atom. The maximum absolute atomic E-state index is 11.1. The van der Waals surface area contributed by atoms with E-state index >= 15 is 0 Å². The van der Waals surface area contributed by atoms with Crippen LogP contribution in [0.4, 0.5) is 5.69 Å². The van der Waals surface area contributed by atoms with Crippen molar-refractivity contribution in [1.29, 1.82) is 0 Å². The highest BCUT2D eigenvalue weighted by Crippen LogP contribution is 2.29. The van der Waals surface area contributed by atoms with Gasteiger partial charge in [0, 0.05) is 17.6 Å². The number of ether oxygens (including phenoxy) is 1. The van der Waals surface area contributed by atoms with Crippen LogP contribution in [0.5, 0.6) is 5.75 Å². The molecule has 0 aliphatic rings. The highest BCUT2D eigenvalue weighted by Gasteiger charge is 2.16. The van der Waals surface area contributed by atoms with E-state index in [1.165, 1.54) is 18.2 Å². The smallest absolute Gasteiger partial charge is 0.312 e. The maximum Gasteiger partial charge on any atom is 0.312 e. The topological polar surface area (TPSA) is 81.5 Å². The van der Waals surface area contributed by atoms with Gasteiger partial charge in [0.15, 0.2) is 12.4 Å². The van der Waals surface area contributed by atoms with E-state index in [1.54, 1.807) is 6.92 Å². The zero-order valence-electron chi connectivity index (χ0n) is 9.10. The van der Waals surface area contributed by atoms with Crippen LogP contribution in [0.15, 0.2) is 18.2 Å². The lowest BCUT2D eigenvalue weighted by atomic mass is 10.3. The lowest BCUT2D eigenvalue weighted by Gasteiger charge is -2.06. The van der Waals surface area contributed by atoms with Gasteiger partial charge in [0.1, 0.15) is 0 Å². The van der Waals surface area contributed by atoms with Crippen molar-refractivity contribution < 1.29 is 14.5 Å². The van der Waals surface area contributed by atoms with Gasteiger partial charge >= 0.3 is 5.69 Å². The molecule has 0 atom stereocenters. The number of carbonyl (C=O) groups is 1. The molecule has 1 aromatic carbocycles. The zero-order chi connectivity index (χ0) is 12.8. The van der Waals surface area contributed by atoms with Crippen LogP contribution in [0.25, 0.3) is 0 Å². The molecule has 1 rings (SSSR count). The summed E-state index contributed by atoms with van der Waals surface area (Å²) in [5.41, 5.74) is -0.262. The molecule has 0 saturated carbocycles. The number of benzene rings is 1. The van der Waals surface area contributed by atoms with Gasteiger partial charge in [-0.15, -0.1) is 0 Å². The number of likely N-dealkylation sites (N-methyl/N-ethyl adjacent to an activating group) is 1. The van der Waals surface area contributed by atoms with E-state index in [1.807, 2.05) is 0 Å². The summed E-state index contributed by atoms with van der Waals surface area (Å²) in [6.07, 6.45) is 0. The molecule has 0 aliphatic carbocycles. The van der Waals surface area contributed by atoms with Crippen molar-refractivity contribution in [3.63, 3.8) is 0 Å². The van der Waals surface area contributed by atoms with Crippen LogP contribution in [-0.4, -0.2) is 24.0 Å². The third-order valence-corrected chi connectivity index (χ3v) is 2.09. The number of rotatable bonds is 5. The highest BCUT2D eigenvalue weighted by molar-refractivity contribution is 6.30. The number of nitrogens with zero attached hydrogens (tertiary/aromatic N) is 1. The monoisotopic (exact) mass is 258 g/mol. The zero-order valence-corrected chi connectivity index (χ0v) is 9.86. The molecule has 0 aromatic heterocycles. The van der Waals surface area contributed by atoms with E-state index in [0.717, 1.165) is 0 Å². The summed E-state index contributed by atoms with van der Waals surface area (Å²) in [6.45, 7) is 1.98. The fraction of sp³-hybridized carbons (Fsp3) is 0.300. The van der Waals surface area contributed by atoms with Gasteiger partial charge in [-0.25, -0.2) is 0 Å². The standard InChI is InChI=1S/C10H11ClN2O4/c1-2-12-10(14)6-17-9-4-3-7(11)5-8(9)13(15)16/h3-5H,2,6H2,1H3,(H,12,14). The molecule has 0 radical (unpaired) electrons. The number of amides is 1. The van der Waals surface area contributed by atoms with Crippen LogP contribution in [0.3, 0.4) is 0 Å². The van der Waals surface area contributed by atoms with Gasteiger partial charge in [0.05, 0.1) is 4.92 Å². The number of nitro groups is 1. The van der Waals surface area contributed by atoms with Gasteiger partial charge in [-0.2, -0.15) is 0 Å². The third-order valence-electron chi connectivity index (χ3n) is 1.85. The van der Waals surface area contributed by atoms with E-state index < -0.39 is 4.92 Å². The van der Waals surface area contributed by atoms with Crippen molar-refractivity contribution >= 4 is 23.2 Å². The van der Waals surface area contributed by atoms with E-state index in [4.69, 9.17) is 16.3 Å². The van der Waals surface area contributed by atoms with Crippen molar-refractivity contribution in [1.82, 2.24) is 5.32 Å². The Labute approximate surface area is 103 Å². The number of hydrogen-bond donors (Lipinski definition) is 1. The first-order chi connectivity index (χ1) is 8.04. The van der Waals surface area contributed by atoms with Crippen molar-refractivity contribution in [2.45, 2.75) is 6.92 Å². The molecule has 0 saturated heterocycles. The molecular weight excluding hydrogens is 248 g/mol. The number of hydrogen-bond acceptors (Lipinski definition) is 4. The Morgan fingerprint density at radius 3 is 2.88 bits per heavy atom. The lowest BCUT2D eigenvalue weighted by molar-refractivity contribution is -0.385. The van der Waals surface area contributed by atoms with E-state index in [0.29, 0.717) is 6.54 Å². The molecule has 1 N–H and O–H groups in total. The molecule has 0 heterocycles. The maximum atomic E-state index is 11.1. The first kappa shape index (κ1) is 13.2. The summed E-state index contributed by atoms with van der Waals surface area (Å²) in [5.74, 6) is -0.317. The molecule has 92 valence electrons. The Kier molecular flexibility index (Phi) is 4.71. The Morgan fingerprint density at radius 1 is 1.59 bits per heavy atom. The first-order valence-electron chi connectivity index (χ1n) is 4.88. The minimum absolute atomic E-state index is 0.0191. The molecule has 0 bridgehead atoms. The molecule has 0 aliphatic heterocycles. The van der Waals surface area contributed by atoms with Gasteiger partial charge in [0.2, 0.25) is 0 Å². The summed E-state index contributed by atoms with van der Waals surface area (Å²) in [6, 6.07) is 4.00. The molecule has 1 aromatic rings. The summed E-state index contributed by atoms with van der Waals surface area (Å²) in [5, 5.41) is 13.5. The fourth-order valence-electron chi connectivity index (χ4n) is 1.15. The summed E-state index contributed by atoms with van der Waals surface area (Å²) >= 11 is 5.63. The highest BCUT2D eigenvalue weighted by atomic mass is 35.5. The van der Waals surface area contributed by atoms with Crippen LogP contribution in [0.2, 0.25) is 5.02 Å². The van der Waals surface area contributed by atoms with Crippen LogP contribution >= 0.6 is 11.6 Å². The quantitative estimate of drug-likeness (QED) is 0.644. The molecule has 6 nitrogen and oxygen atoms in total. The van der Waals surface area contributed by atoms with Gasteiger partial charge in [0.25, 0.3) is 5.91 Å². The van der Waals surface area contributed by atoms with Gasteiger partial charge in [-0.1, -0.05) is 11.6 Å². The molecule has 0 fully saturated rings. The SMILES string of the molecule is CCNC(=O)COc1ccc(Cl)cc1[N+](=O)[O-]. The number of carbonyl (C=O) groups excluding carboxylic acids is 1. The average Bonchev–Trinajstić information content (AvgIpc) is 2.27. The van der Waals surface area contributed by atoms with Crippen molar-refractivity contribution in [3.05, 3.63) is 33.3 Å². The molecule has 1 amide bonds. The Bertz CT molecular complexity index is 436. The van der Waals surface area contributed by atoms with Crippen LogP contribution < -0.4 is 10.1 Å². The number of halogens is 1. The number of nitrogens with one attached hydrogen (secondary N) is 1. The number of nitro benzene ring substituents is 1. The summed E-state index contributed by atoms with van der Waals surface area (Å²) in [4.78, 5) is 21.2. The molecule has 0 unspecified atom stereocenters. The van der Waals surface area contributed by atoms with E-state index in [-0.39, 0.29) is 29.0 Å². The Hall–Kier alpha value is -1.82. The predicted molar refractivity (Wildman–Crippen MR) is 62.3 cm³/mol. The second-order valence-corrected chi connectivity index (χ2v) is 3.55. The summed E-state index contributed by atoms with van der Waals surface area (Å²) < 4.78 is 5.06. The van der Waals surface area contributed by atoms with Crippen molar-refractivity contribution in [2.24, 2.45) is 0 Å². The van der Waals surface area contributed by atoms with Crippen molar-refractivity contribution in [2.75, 3.05) is 13.2 Å². The van der Waals surface area contributed by atoms with Gasteiger partial charge in [-0.3, -0.25) is 14.9 Å². The molecular formula is C10H11ClN2O4. The van der Waals surface area contributed by atoms with Crippen LogP contribution in [-0.2, 0) is 4.79 Å². The molecule has 7 heteroatoms. The van der Waals surface area contributed by atoms with Crippen LogP contribution in [0, 0.1) is 10.1 Å². The average molecular weight is 259 g/mol. The molecule has 17 heavy (non-hydrogen) atoms. The minimum atomic E-state index is -0.612. The van der Waals surface area contributed by atoms with E-state index in [9.17, 15) is 14.9 Å². The predicted octanol–water partition coefficient (Wildman–Crippen LogP) is 1.76.